The molecule has 0 fully saturated rings. The van der Waals surface area contributed by atoms with Gasteiger partial charge in [-0.3, -0.25) is 0 Å². The van der Waals surface area contributed by atoms with Gasteiger partial charge in [0, 0.05) is 19.7 Å². The Balaban J connectivity index is 2.90. The van der Waals surface area contributed by atoms with Gasteiger partial charge in [0.15, 0.2) is 0 Å². The Kier molecular flexibility index (Phi) is 4.38. The molecular weight excluding hydrogens is 225 g/mol. The highest BCUT2D eigenvalue weighted by Crippen LogP contribution is 2.14. The van der Waals surface area contributed by atoms with Crippen molar-refractivity contribution in [3.63, 3.8) is 0 Å². The van der Waals surface area contributed by atoms with Gasteiger partial charge in [0.2, 0.25) is 5.28 Å². The number of hydrogen-bond donors (Lipinski definition) is 1. The molecule has 1 aromatic rings. The third-order valence-electron chi connectivity index (χ3n) is 1.70. The first kappa shape index (κ1) is 11.5. The van der Waals surface area contributed by atoms with E-state index in [4.69, 9.17) is 28.3 Å². The second kappa shape index (κ2) is 5.34. The van der Waals surface area contributed by atoms with Crippen molar-refractivity contribution in [2.75, 3.05) is 25.1 Å². The number of anilines is 1. The van der Waals surface area contributed by atoms with Gasteiger partial charge in [0.1, 0.15) is 5.82 Å². The molecule has 6 heteroatoms. The lowest BCUT2D eigenvalue weighted by Crippen LogP contribution is -2.22. The molecule has 0 aliphatic carbocycles. The van der Waals surface area contributed by atoms with Crippen LogP contribution in [0.3, 0.4) is 0 Å². The molecule has 1 rings (SSSR count). The fraction of sp³-hybridized carbons (Fsp3) is 0.500. The van der Waals surface area contributed by atoms with Crippen molar-refractivity contribution >= 4 is 29.0 Å². The molecule has 0 amide bonds. The summed E-state index contributed by atoms with van der Waals surface area (Å²) in [6.45, 7) is 0.559. The predicted octanol–water partition coefficient (Wildman–Crippen LogP) is 1.30. The Morgan fingerprint density at radius 1 is 1.50 bits per heavy atom. The van der Waals surface area contributed by atoms with Crippen LogP contribution in [0.5, 0.6) is 0 Å². The number of aromatic nitrogens is 2. The summed E-state index contributed by atoms with van der Waals surface area (Å²) in [5.74, 6) is 0.956. The molecule has 1 N–H and O–H groups in total. The van der Waals surface area contributed by atoms with E-state index in [1.54, 1.807) is 11.0 Å². The predicted molar refractivity (Wildman–Crippen MR) is 57.0 cm³/mol. The zero-order chi connectivity index (χ0) is 10.6. The molecule has 0 aliphatic heterocycles. The lowest BCUT2D eigenvalue weighted by Gasteiger charge is -2.16. The van der Waals surface area contributed by atoms with Crippen molar-refractivity contribution in [1.29, 1.82) is 0 Å². The summed E-state index contributed by atoms with van der Waals surface area (Å²) >= 11 is 11.3. The zero-order valence-electron chi connectivity index (χ0n) is 7.74. The molecule has 78 valence electrons. The zero-order valence-corrected chi connectivity index (χ0v) is 9.26. The third-order valence-corrected chi connectivity index (χ3v) is 2.14. The largest absolute Gasteiger partial charge is 0.395 e. The van der Waals surface area contributed by atoms with Gasteiger partial charge in [-0.2, -0.15) is 0 Å². The van der Waals surface area contributed by atoms with Gasteiger partial charge >= 0.3 is 0 Å². The van der Waals surface area contributed by atoms with E-state index in [-0.39, 0.29) is 11.9 Å². The fourth-order valence-electron chi connectivity index (χ4n) is 0.980. The molecule has 4 nitrogen and oxygen atoms in total. The number of aliphatic hydroxyl groups is 1. The Morgan fingerprint density at radius 2 is 2.21 bits per heavy atom. The fourth-order valence-corrected chi connectivity index (χ4v) is 1.31. The third kappa shape index (κ3) is 2.97. The average molecular weight is 236 g/mol. The van der Waals surface area contributed by atoms with Crippen molar-refractivity contribution in [3.05, 3.63) is 17.0 Å². The maximum Gasteiger partial charge on any atom is 0.224 e. The van der Waals surface area contributed by atoms with E-state index in [9.17, 15) is 0 Å². The van der Waals surface area contributed by atoms with Crippen LogP contribution >= 0.6 is 23.2 Å². The van der Waals surface area contributed by atoms with E-state index >= 15 is 0 Å². The SMILES string of the molecule is CN(CCO)c1cc(CCl)nc(Cl)n1. The van der Waals surface area contributed by atoms with E-state index in [0.717, 1.165) is 0 Å². The van der Waals surface area contributed by atoms with E-state index in [1.165, 1.54) is 0 Å². The number of likely N-dealkylation sites (N-methyl/N-ethyl adjacent to an activating group) is 1. The number of hydrogen-bond acceptors (Lipinski definition) is 4. The van der Waals surface area contributed by atoms with Gasteiger partial charge < -0.3 is 10.0 Å². The highest BCUT2D eigenvalue weighted by molar-refractivity contribution is 6.28. The van der Waals surface area contributed by atoms with Crippen LogP contribution in [0.15, 0.2) is 6.07 Å². The van der Waals surface area contributed by atoms with Gasteiger partial charge in [-0.1, -0.05) is 0 Å². The van der Waals surface area contributed by atoms with E-state index in [2.05, 4.69) is 9.97 Å². The summed E-state index contributed by atoms with van der Waals surface area (Å²) < 4.78 is 0. The van der Waals surface area contributed by atoms with E-state index in [0.29, 0.717) is 23.9 Å². The van der Waals surface area contributed by atoms with Crippen molar-refractivity contribution in [2.24, 2.45) is 0 Å². The molecule has 1 heterocycles. The summed E-state index contributed by atoms with van der Waals surface area (Å²) in [7, 11) is 1.81. The molecule has 0 saturated carbocycles. The Morgan fingerprint density at radius 3 is 2.79 bits per heavy atom. The highest BCUT2D eigenvalue weighted by atomic mass is 35.5. The van der Waals surface area contributed by atoms with Crippen molar-refractivity contribution in [2.45, 2.75) is 5.88 Å². The summed E-state index contributed by atoms with van der Waals surface area (Å²) in [5.41, 5.74) is 0.673. The first-order chi connectivity index (χ1) is 6.67. The monoisotopic (exact) mass is 235 g/mol. The molecule has 14 heavy (non-hydrogen) atoms. The maximum absolute atomic E-state index is 8.75. The van der Waals surface area contributed by atoms with Crippen molar-refractivity contribution in [3.8, 4) is 0 Å². The summed E-state index contributed by atoms with van der Waals surface area (Å²) in [6.07, 6.45) is 0. The number of nitrogens with zero attached hydrogens (tertiary/aromatic N) is 3. The van der Waals surface area contributed by atoms with Gasteiger partial charge in [0.25, 0.3) is 0 Å². The van der Waals surface area contributed by atoms with Crippen molar-refractivity contribution in [1.82, 2.24) is 9.97 Å². The molecule has 0 aliphatic rings. The maximum atomic E-state index is 8.75. The van der Waals surface area contributed by atoms with Crippen LogP contribution in [-0.4, -0.2) is 35.3 Å². The Labute approximate surface area is 92.5 Å². The van der Waals surface area contributed by atoms with Crippen molar-refractivity contribution < 1.29 is 5.11 Å². The van der Waals surface area contributed by atoms with Crippen LogP contribution in [0, 0.1) is 0 Å². The molecule has 0 spiro atoms. The number of rotatable bonds is 4. The minimum Gasteiger partial charge on any atom is -0.395 e. The lowest BCUT2D eigenvalue weighted by atomic mass is 10.4. The first-order valence-electron chi connectivity index (χ1n) is 4.08. The highest BCUT2D eigenvalue weighted by Gasteiger charge is 2.06. The second-order valence-corrected chi connectivity index (χ2v) is 3.37. The minimum absolute atomic E-state index is 0.0638. The standard InChI is InChI=1S/C8H11Cl2N3O/c1-13(2-3-14)7-4-6(5-9)11-8(10)12-7/h4,14H,2-3,5H2,1H3. The molecule has 0 atom stereocenters. The quantitative estimate of drug-likeness (QED) is 0.632. The topological polar surface area (TPSA) is 49.2 Å². The van der Waals surface area contributed by atoms with Gasteiger partial charge in [0.05, 0.1) is 18.2 Å². The minimum atomic E-state index is 0.0638. The van der Waals surface area contributed by atoms with Crippen LogP contribution in [0.2, 0.25) is 5.28 Å². The molecule has 0 unspecified atom stereocenters. The molecule has 0 aromatic carbocycles. The van der Waals surface area contributed by atoms with E-state index in [1.807, 2.05) is 7.05 Å². The molecule has 1 aromatic heterocycles. The number of aliphatic hydroxyl groups excluding tert-OH is 1. The average Bonchev–Trinajstić information content (AvgIpc) is 2.17. The number of halogens is 2. The number of alkyl halides is 1. The van der Waals surface area contributed by atoms with Gasteiger partial charge in [-0.15, -0.1) is 11.6 Å². The Bertz CT molecular complexity index is 309. The molecular formula is C8H11Cl2N3O. The second-order valence-electron chi connectivity index (χ2n) is 2.77. The normalized spacial score (nSPS) is 10.3. The molecule has 0 bridgehead atoms. The smallest absolute Gasteiger partial charge is 0.224 e. The first-order valence-corrected chi connectivity index (χ1v) is 5.00. The summed E-state index contributed by atoms with van der Waals surface area (Å²) in [5, 5.41) is 8.92. The lowest BCUT2D eigenvalue weighted by molar-refractivity contribution is 0.304. The van der Waals surface area contributed by atoms with Crippen LogP contribution < -0.4 is 4.90 Å². The van der Waals surface area contributed by atoms with Crippen LogP contribution in [-0.2, 0) is 5.88 Å². The van der Waals surface area contributed by atoms with Gasteiger partial charge in [-0.05, 0) is 11.6 Å². The van der Waals surface area contributed by atoms with Crippen LogP contribution in [0.1, 0.15) is 5.69 Å². The van der Waals surface area contributed by atoms with E-state index < -0.39 is 0 Å². The molecule has 0 radical (unpaired) electrons. The molecule has 0 saturated heterocycles. The summed E-state index contributed by atoms with van der Waals surface area (Å²) in [4.78, 5) is 9.72. The van der Waals surface area contributed by atoms with Crippen LogP contribution in [0.25, 0.3) is 0 Å². The summed E-state index contributed by atoms with van der Waals surface area (Å²) in [6, 6.07) is 1.74. The Hall–Kier alpha value is -0.580. The van der Waals surface area contributed by atoms with Gasteiger partial charge in [-0.25, -0.2) is 9.97 Å². The van der Waals surface area contributed by atoms with Crippen LogP contribution in [0.4, 0.5) is 5.82 Å².